The first-order valence-electron chi connectivity index (χ1n) is 9.15. The zero-order valence-electron chi connectivity index (χ0n) is 16.5. The Labute approximate surface area is 189 Å². The summed E-state index contributed by atoms with van der Waals surface area (Å²) in [6.45, 7) is 0.278. The van der Waals surface area contributed by atoms with E-state index in [2.05, 4.69) is 15.3 Å². The highest BCUT2D eigenvalue weighted by atomic mass is 35.5. The van der Waals surface area contributed by atoms with Gasteiger partial charge in [0.1, 0.15) is 12.4 Å². The maximum atomic E-state index is 12.2. The number of hydrazone groups is 1. The third-order valence-corrected chi connectivity index (χ3v) is 4.82. The molecular weight excluding hydrogens is 439 g/mol. The molecule has 0 aromatic heterocycles. The van der Waals surface area contributed by atoms with Crippen molar-refractivity contribution in [2.24, 2.45) is 5.10 Å². The van der Waals surface area contributed by atoms with Gasteiger partial charge in [0.05, 0.1) is 18.9 Å². The number of hydrogen-bond donors (Lipinski definition) is 1. The van der Waals surface area contributed by atoms with Crippen LogP contribution in [-0.2, 0) is 11.3 Å². The molecule has 0 bridgehead atoms. The van der Waals surface area contributed by atoms with E-state index in [4.69, 9.17) is 27.9 Å². The number of nitrogens with one attached hydrogen (secondary N) is 1. The van der Waals surface area contributed by atoms with Crippen molar-refractivity contribution < 1.29 is 19.1 Å². The van der Waals surface area contributed by atoms with Crippen LogP contribution < -0.4 is 10.2 Å². The van der Waals surface area contributed by atoms with Crippen LogP contribution in [0.25, 0.3) is 0 Å². The number of hydrogen-bond acceptors (Lipinski definition) is 5. The van der Waals surface area contributed by atoms with Gasteiger partial charge >= 0.3 is 5.97 Å². The Balaban J connectivity index is 1.52. The second-order valence-corrected chi connectivity index (χ2v) is 7.21. The largest absolute Gasteiger partial charge is 0.489 e. The number of rotatable bonds is 7. The molecule has 0 aliphatic carbocycles. The van der Waals surface area contributed by atoms with Gasteiger partial charge in [0.25, 0.3) is 5.91 Å². The monoisotopic (exact) mass is 456 g/mol. The van der Waals surface area contributed by atoms with E-state index in [0.29, 0.717) is 26.9 Å². The van der Waals surface area contributed by atoms with Crippen molar-refractivity contribution in [2.75, 3.05) is 7.11 Å². The van der Waals surface area contributed by atoms with Crippen LogP contribution in [0.15, 0.2) is 71.8 Å². The van der Waals surface area contributed by atoms with E-state index in [0.717, 1.165) is 11.1 Å². The summed E-state index contributed by atoms with van der Waals surface area (Å²) in [7, 11) is 1.32. The molecule has 3 aromatic rings. The Morgan fingerprint density at radius 2 is 1.65 bits per heavy atom. The second-order valence-electron chi connectivity index (χ2n) is 6.36. The van der Waals surface area contributed by atoms with Crippen molar-refractivity contribution in [1.29, 1.82) is 0 Å². The van der Waals surface area contributed by atoms with Crippen LogP contribution in [-0.4, -0.2) is 25.2 Å². The van der Waals surface area contributed by atoms with Gasteiger partial charge in [0, 0.05) is 21.2 Å². The maximum Gasteiger partial charge on any atom is 0.337 e. The maximum absolute atomic E-state index is 12.2. The average Bonchev–Trinajstić information content (AvgIpc) is 2.78. The van der Waals surface area contributed by atoms with Crippen LogP contribution in [0.1, 0.15) is 31.8 Å². The molecule has 8 heteroatoms. The fraction of sp³-hybridized carbons (Fsp3) is 0.0870. The van der Waals surface area contributed by atoms with Gasteiger partial charge < -0.3 is 9.47 Å². The minimum absolute atomic E-state index is 0.278. The minimum atomic E-state index is -0.416. The van der Waals surface area contributed by atoms with Crippen LogP contribution in [0.4, 0.5) is 0 Å². The SMILES string of the molecule is COC(=O)c1ccc(/C=N/NC(=O)c2ccc(OCc3ccc(Cl)cc3Cl)cc2)cc1. The van der Waals surface area contributed by atoms with Gasteiger partial charge in [-0.3, -0.25) is 4.79 Å². The molecule has 31 heavy (non-hydrogen) atoms. The van der Waals surface area contributed by atoms with Gasteiger partial charge in [-0.15, -0.1) is 0 Å². The van der Waals surface area contributed by atoms with Crippen molar-refractivity contribution in [3.63, 3.8) is 0 Å². The summed E-state index contributed by atoms with van der Waals surface area (Å²) in [5, 5.41) is 5.02. The Kier molecular flexibility index (Phi) is 7.65. The first kappa shape index (κ1) is 22.3. The number of ether oxygens (including phenoxy) is 2. The van der Waals surface area contributed by atoms with Gasteiger partial charge in [-0.1, -0.05) is 41.4 Å². The molecule has 0 atom stereocenters. The lowest BCUT2D eigenvalue weighted by Gasteiger charge is -2.08. The Hall–Kier alpha value is -3.35. The fourth-order valence-corrected chi connectivity index (χ4v) is 3.02. The summed E-state index contributed by atoms with van der Waals surface area (Å²) in [6.07, 6.45) is 1.48. The van der Waals surface area contributed by atoms with Crippen molar-refractivity contribution >= 4 is 41.3 Å². The lowest BCUT2D eigenvalue weighted by molar-refractivity contribution is 0.0600. The quantitative estimate of drug-likeness (QED) is 0.304. The molecule has 0 heterocycles. The Morgan fingerprint density at radius 1 is 0.968 bits per heavy atom. The molecule has 1 amide bonds. The van der Waals surface area contributed by atoms with E-state index in [-0.39, 0.29) is 12.5 Å². The summed E-state index contributed by atoms with van der Waals surface area (Å²) in [4.78, 5) is 23.6. The molecule has 0 aliphatic heterocycles. The zero-order valence-corrected chi connectivity index (χ0v) is 18.0. The van der Waals surface area contributed by atoms with Gasteiger partial charge in [0.2, 0.25) is 0 Å². The highest BCUT2D eigenvalue weighted by Gasteiger charge is 2.07. The van der Waals surface area contributed by atoms with E-state index < -0.39 is 5.97 Å². The Bertz CT molecular complexity index is 1100. The summed E-state index contributed by atoms with van der Waals surface area (Å²) >= 11 is 12.0. The molecule has 0 fully saturated rings. The van der Waals surface area contributed by atoms with Gasteiger partial charge in [-0.2, -0.15) is 5.10 Å². The van der Waals surface area contributed by atoms with Gasteiger partial charge in [0.15, 0.2) is 0 Å². The molecule has 0 unspecified atom stereocenters. The molecular formula is C23H18Cl2N2O4. The molecule has 0 saturated carbocycles. The molecule has 6 nitrogen and oxygen atoms in total. The van der Waals surface area contributed by atoms with E-state index in [1.165, 1.54) is 13.3 Å². The van der Waals surface area contributed by atoms with Crippen LogP contribution in [0, 0.1) is 0 Å². The third-order valence-electron chi connectivity index (χ3n) is 4.24. The zero-order chi connectivity index (χ0) is 22.2. The van der Waals surface area contributed by atoms with Crippen molar-refractivity contribution in [3.05, 3.63) is 99.0 Å². The number of halogens is 2. The summed E-state index contributed by atoms with van der Waals surface area (Å²) < 4.78 is 10.3. The molecule has 0 aliphatic rings. The summed E-state index contributed by atoms with van der Waals surface area (Å²) in [6, 6.07) is 18.5. The van der Waals surface area contributed by atoms with Crippen molar-refractivity contribution in [1.82, 2.24) is 5.43 Å². The molecule has 3 aromatic carbocycles. The van der Waals surface area contributed by atoms with E-state index in [1.54, 1.807) is 66.7 Å². The second kappa shape index (κ2) is 10.6. The van der Waals surface area contributed by atoms with E-state index >= 15 is 0 Å². The first-order valence-corrected chi connectivity index (χ1v) is 9.90. The summed E-state index contributed by atoms with van der Waals surface area (Å²) in [5.74, 6) is -0.188. The Morgan fingerprint density at radius 3 is 2.29 bits per heavy atom. The molecule has 1 N–H and O–H groups in total. The van der Waals surface area contributed by atoms with Crippen LogP contribution >= 0.6 is 23.2 Å². The third kappa shape index (κ3) is 6.31. The van der Waals surface area contributed by atoms with Crippen LogP contribution in [0.2, 0.25) is 10.0 Å². The van der Waals surface area contributed by atoms with Crippen LogP contribution in [0.3, 0.4) is 0 Å². The molecule has 0 spiro atoms. The number of methoxy groups -OCH3 is 1. The predicted octanol–water partition coefficient (Wildman–Crippen LogP) is 5.12. The first-order chi connectivity index (χ1) is 15.0. The van der Waals surface area contributed by atoms with E-state index in [9.17, 15) is 9.59 Å². The number of benzene rings is 3. The standard InChI is InChI=1S/C23H18Cl2N2O4/c1-30-23(29)17-4-2-15(3-5-17)13-26-27-22(28)16-7-10-20(11-8-16)31-14-18-6-9-19(24)12-21(18)25/h2-13H,14H2,1H3,(H,27,28)/b26-13+. The molecule has 0 radical (unpaired) electrons. The fourth-order valence-electron chi connectivity index (χ4n) is 2.56. The minimum Gasteiger partial charge on any atom is -0.489 e. The lowest BCUT2D eigenvalue weighted by Crippen LogP contribution is -2.17. The van der Waals surface area contributed by atoms with E-state index in [1.807, 2.05) is 0 Å². The predicted molar refractivity (Wildman–Crippen MR) is 120 cm³/mol. The normalized spacial score (nSPS) is 10.7. The van der Waals surface area contributed by atoms with Gasteiger partial charge in [-0.05, 0) is 54.1 Å². The summed E-state index contributed by atoms with van der Waals surface area (Å²) in [5.41, 5.74) is 4.84. The highest BCUT2D eigenvalue weighted by Crippen LogP contribution is 2.23. The topological polar surface area (TPSA) is 77.0 Å². The highest BCUT2D eigenvalue weighted by molar-refractivity contribution is 6.35. The molecule has 3 rings (SSSR count). The van der Waals surface area contributed by atoms with Crippen molar-refractivity contribution in [3.8, 4) is 5.75 Å². The average molecular weight is 457 g/mol. The number of carbonyl (C=O) groups excluding carboxylic acids is 2. The van der Waals surface area contributed by atoms with Gasteiger partial charge in [-0.25, -0.2) is 10.2 Å². The van der Waals surface area contributed by atoms with Crippen molar-refractivity contribution in [2.45, 2.75) is 6.61 Å². The van der Waals surface area contributed by atoms with Crippen LogP contribution in [0.5, 0.6) is 5.75 Å². The smallest absolute Gasteiger partial charge is 0.337 e. The number of nitrogens with zero attached hydrogens (tertiary/aromatic N) is 1. The number of esters is 1. The lowest BCUT2D eigenvalue weighted by atomic mass is 10.1. The molecule has 0 saturated heterocycles. The number of carbonyl (C=O) groups is 2. The number of amides is 1. The molecule has 158 valence electrons.